The first-order valence-corrected chi connectivity index (χ1v) is 6.76. The van der Waals surface area contributed by atoms with Gasteiger partial charge in [-0.3, -0.25) is 9.69 Å². The van der Waals surface area contributed by atoms with Crippen LogP contribution in [0.25, 0.3) is 0 Å². The molecule has 3 nitrogen and oxygen atoms in total. The minimum atomic E-state index is -4.37. The number of esters is 1. The minimum Gasteiger partial charge on any atom is -0.469 e. The Morgan fingerprint density at radius 1 is 1.45 bits per heavy atom. The molecule has 1 aromatic carbocycles. The minimum absolute atomic E-state index is 0.168. The van der Waals surface area contributed by atoms with E-state index in [9.17, 15) is 18.0 Å². The third-order valence-corrected chi connectivity index (χ3v) is 3.75. The zero-order chi connectivity index (χ0) is 14.9. The highest BCUT2D eigenvalue weighted by Gasteiger charge is 2.37. The van der Waals surface area contributed by atoms with Crippen molar-refractivity contribution < 1.29 is 22.7 Å². The number of benzene rings is 1. The summed E-state index contributed by atoms with van der Waals surface area (Å²) in [7, 11) is 1.31. The van der Waals surface area contributed by atoms with Crippen LogP contribution in [0.15, 0.2) is 22.7 Å². The van der Waals surface area contributed by atoms with E-state index >= 15 is 0 Å². The van der Waals surface area contributed by atoms with Gasteiger partial charge in [0, 0.05) is 24.1 Å². The van der Waals surface area contributed by atoms with Crippen molar-refractivity contribution in [2.24, 2.45) is 5.92 Å². The van der Waals surface area contributed by atoms with Crippen molar-refractivity contribution in [3.8, 4) is 0 Å². The van der Waals surface area contributed by atoms with Crippen LogP contribution in [-0.4, -0.2) is 31.1 Å². The number of likely N-dealkylation sites (tertiary alicyclic amines) is 1. The highest BCUT2D eigenvalue weighted by atomic mass is 79.9. The van der Waals surface area contributed by atoms with E-state index in [4.69, 9.17) is 0 Å². The monoisotopic (exact) mass is 351 g/mol. The van der Waals surface area contributed by atoms with Crippen molar-refractivity contribution in [3.05, 3.63) is 33.8 Å². The maximum atomic E-state index is 12.9. The van der Waals surface area contributed by atoms with Crippen LogP contribution in [0.5, 0.6) is 0 Å². The predicted molar refractivity (Wildman–Crippen MR) is 69.9 cm³/mol. The molecule has 1 aromatic rings. The lowest BCUT2D eigenvalue weighted by atomic mass is 9.98. The molecule has 1 fully saturated rings. The zero-order valence-corrected chi connectivity index (χ0v) is 12.3. The third-order valence-electron chi connectivity index (χ3n) is 3.26. The van der Waals surface area contributed by atoms with E-state index in [1.807, 2.05) is 0 Å². The summed E-state index contributed by atoms with van der Waals surface area (Å²) >= 11 is 3.18. The molecule has 20 heavy (non-hydrogen) atoms. The van der Waals surface area contributed by atoms with Gasteiger partial charge in [-0.15, -0.1) is 0 Å². The van der Waals surface area contributed by atoms with Crippen LogP contribution in [-0.2, 0) is 22.3 Å². The second-order valence-electron chi connectivity index (χ2n) is 4.71. The molecule has 1 aliphatic rings. The fourth-order valence-electron chi connectivity index (χ4n) is 2.23. The molecule has 0 atom stereocenters. The molecule has 0 spiro atoms. The van der Waals surface area contributed by atoms with Gasteiger partial charge in [-0.1, -0.05) is 15.9 Å². The summed E-state index contributed by atoms with van der Waals surface area (Å²) in [6.07, 6.45) is -4.37. The van der Waals surface area contributed by atoms with Gasteiger partial charge in [0.2, 0.25) is 0 Å². The molecule has 1 saturated heterocycles. The van der Waals surface area contributed by atoms with Gasteiger partial charge in [0.15, 0.2) is 0 Å². The van der Waals surface area contributed by atoms with Gasteiger partial charge in [0.1, 0.15) is 0 Å². The number of halogens is 4. The second kappa shape index (κ2) is 5.73. The number of hydrogen-bond acceptors (Lipinski definition) is 3. The standard InChI is InChI=1S/C13H13BrF3NO2/c1-20-12(19)9-6-18(7-9)5-8-4-10(14)2-3-11(8)13(15,16)17/h2-4,9H,5-7H2,1H3. The quantitative estimate of drug-likeness (QED) is 0.784. The van der Waals surface area contributed by atoms with Crippen molar-refractivity contribution in [2.45, 2.75) is 12.7 Å². The van der Waals surface area contributed by atoms with Crippen LogP contribution >= 0.6 is 15.9 Å². The number of carbonyl (C=O) groups excluding carboxylic acids is 1. The van der Waals surface area contributed by atoms with E-state index in [1.54, 1.807) is 4.90 Å². The third kappa shape index (κ3) is 3.32. The summed E-state index contributed by atoms with van der Waals surface area (Å²) < 4.78 is 43.9. The van der Waals surface area contributed by atoms with Crippen molar-refractivity contribution in [2.75, 3.05) is 20.2 Å². The predicted octanol–water partition coefficient (Wildman–Crippen LogP) is 3.07. The lowest BCUT2D eigenvalue weighted by Gasteiger charge is -2.37. The number of alkyl halides is 3. The van der Waals surface area contributed by atoms with Gasteiger partial charge >= 0.3 is 12.1 Å². The largest absolute Gasteiger partial charge is 0.469 e. The molecule has 2 rings (SSSR count). The zero-order valence-electron chi connectivity index (χ0n) is 10.7. The van der Waals surface area contributed by atoms with E-state index < -0.39 is 11.7 Å². The Kier molecular flexibility index (Phi) is 4.39. The van der Waals surface area contributed by atoms with Crippen molar-refractivity contribution in [1.82, 2.24) is 4.90 Å². The summed E-state index contributed by atoms with van der Waals surface area (Å²) in [6.45, 7) is 1.02. The number of carbonyl (C=O) groups is 1. The molecule has 1 heterocycles. The summed E-state index contributed by atoms with van der Waals surface area (Å²) in [4.78, 5) is 13.0. The topological polar surface area (TPSA) is 29.5 Å². The van der Waals surface area contributed by atoms with Crippen molar-refractivity contribution >= 4 is 21.9 Å². The van der Waals surface area contributed by atoms with Crippen molar-refractivity contribution in [3.63, 3.8) is 0 Å². The molecule has 0 N–H and O–H groups in total. The first kappa shape index (κ1) is 15.3. The molecule has 0 unspecified atom stereocenters. The van der Waals surface area contributed by atoms with Gasteiger partial charge < -0.3 is 4.74 Å². The second-order valence-corrected chi connectivity index (χ2v) is 5.63. The molecule has 0 saturated carbocycles. The molecule has 0 aromatic heterocycles. The Hall–Kier alpha value is -1.08. The van der Waals surface area contributed by atoms with Gasteiger partial charge in [-0.05, 0) is 23.8 Å². The Labute approximate surface area is 122 Å². The molecule has 1 aliphatic heterocycles. The van der Waals surface area contributed by atoms with Gasteiger partial charge in [0.25, 0.3) is 0 Å². The molecule has 0 bridgehead atoms. The lowest BCUT2D eigenvalue weighted by Crippen LogP contribution is -2.50. The normalized spacial score (nSPS) is 16.9. The Morgan fingerprint density at radius 2 is 2.10 bits per heavy atom. The van der Waals surface area contributed by atoms with Gasteiger partial charge in [-0.25, -0.2) is 0 Å². The van der Waals surface area contributed by atoms with E-state index in [-0.39, 0.29) is 24.0 Å². The average Bonchev–Trinajstić information content (AvgIpc) is 2.30. The SMILES string of the molecule is COC(=O)C1CN(Cc2cc(Br)ccc2C(F)(F)F)C1. The number of methoxy groups -OCH3 is 1. The molecular weight excluding hydrogens is 339 g/mol. The number of nitrogens with zero attached hydrogens (tertiary/aromatic N) is 1. The highest BCUT2D eigenvalue weighted by molar-refractivity contribution is 9.10. The van der Waals surface area contributed by atoms with Crippen LogP contribution in [0.4, 0.5) is 13.2 Å². The fraction of sp³-hybridized carbons (Fsp3) is 0.462. The fourth-order valence-corrected chi connectivity index (χ4v) is 2.63. The molecule has 0 aliphatic carbocycles. The Morgan fingerprint density at radius 3 is 2.65 bits per heavy atom. The van der Waals surface area contributed by atoms with Gasteiger partial charge in [0.05, 0.1) is 18.6 Å². The number of hydrogen-bond donors (Lipinski definition) is 0. The number of ether oxygens (including phenoxy) is 1. The molecule has 110 valence electrons. The number of rotatable bonds is 3. The first-order chi connectivity index (χ1) is 9.31. The van der Waals surface area contributed by atoms with Crippen molar-refractivity contribution in [1.29, 1.82) is 0 Å². The van der Waals surface area contributed by atoms with E-state index in [2.05, 4.69) is 20.7 Å². The maximum Gasteiger partial charge on any atom is 0.416 e. The van der Waals surface area contributed by atoms with Gasteiger partial charge in [-0.2, -0.15) is 13.2 Å². The van der Waals surface area contributed by atoms with E-state index in [0.717, 1.165) is 6.07 Å². The van der Waals surface area contributed by atoms with E-state index in [1.165, 1.54) is 19.2 Å². The van der Waals surface area contributed by atoms with E-state index in [0.29, 0.717) is 17.6 Å². The van der Waals surface area contributed by atoms with Crippen LogP contribution in [0, 0.1) is 5.92 Å². The summed E-state index contributed by atoms with van der Waals surface area (Å²) in [5.74, 6) is -0.548. The molecule has 0 amide bonds. The lowest BCUT2D eigenvalue weighted by molar-refractivity contribution is -0.152. The Bertz CT molecular complexity index is 513. The first-order valence-electron chi connectivity index (χ1n) is 5.97. The van der Waals surface area contributed by atoms with Crippen LogP contribution in [0.1, 0.15) is 11.1 Å². The van der Waals surface area contributed by atoms with Crippen LogP contribution in [0.2, 0.25) is 0 Å². The summed E-state index contributed by atoms with van der Waals surface area (Å²) in [5, 5.41) is 0. The molecule has 7 heteroatoms. The summed E-state index contributed by atoms with van der Waals surface area (Å²) in [6, 6.07) is 3.91. The molecular formula is C13H13BrF3NO2. The smallest absolute Gasteiger partial charge is 0.416 e. The maximum absolute atomic E-state index is 12.9. The van der Waals surface area contributed by atoms with Crippen LogP contribution in [0.3, 0.4) is 0 Å². The average molecular weight is 352 g/mol. The highest BCUT2D eigenvalue weighted by Crippen LogP contribution is 2.34. The molecule has 0 radical (unpaired) electrons. The van der Waals surface area contributed by atoms with Crippen LogP contribution < -0.4 is 0 Å². The summed E-state index contributed by atoms with van der Waals surface area (Å²) in [5.41, 5.74) is -0.433. The Balaban J connectivity index is 2.07.